The summed E-state index contributed by atoms with van der Waals surface area (Å²) in [6, 6.07) is 13.6. The fourth-order valence-electron chi connectivity index (χ4n) is 2.56. The van der Waals surface area contributed by atoms with Crippen LogP contribution in [0.25, 0.3) is 0 Å². The van der Waals surface area contributed by atoms with Crippen molar-refractivity contribution in [1.82, 2.24) is 9.62 Å². The summed E-state index contributed by atoms with van der Waals surface area (Å²) >= 11 is 0. The average molecular weight is 404 g/mol. The monoisotopic (exact) mass is 403 g/mol. The third-order valence-corrected chi connectivity index (χ3v) is 5.70. The summed E-state index contributed by atoms with van der Waals surface area (Å²) in [6.07, 6.45) is 0.944. The fourth-order valence-corrected chi connectivity index (χ4v) is 3.98. The number of hydrogen-bond donors (Lipinski definition) is 2. The van der Waals surface area contributed by atoms with Crippen LogP contribution in [0.4, 0.5) is 5.69 Å². The summed E-state index contributed by atoms with van der Waals surface area (Å²) in [6.45, 7) is 6.29. The van der Waals surface area contributed by atoms with E-state index in [1.807, 2.05) is 38.4 Å². The number of carbonyl (C=O) groups is 1. The van der Waals surface area contributed by atoms with E-state index in [-0.39, 0.29) is 10.8 Å². The second-order valence-corrected chi connectivity index (χ2v) is 9.77. The Balaban J connectivity index is 2.03. The van der Waals surface area contributed by atoms with Gasteiger partial charge in [0.15, 0.2) is 0 Å². The van der Waals surface area contributed by atoms with Crippen molar-refractivity contribution in [1.29, 1.82) is 0 Å². The number of nitrogens with one attached hydrogen (secondary N) is 2. The van der Waals surface area contributed by atoms with Gasteiger partial charge >= 0.3 is 0 Å². The van der Waals surface area contributed by atoms with Gasteiger partial charge in [0.2, 0.25) is 10.0 Å². The number of rotatable bonds is 7. The van der Waals surface area contributed by atoms with Gasteiger partial charge in [-0.25, -0.2) is 13.1 Å². The number of carbonyl (C=O) groups excluding carboxylic acids is 1. The summed E-state index contributed by atoms with van der Waals surface area (Å²) in [5.41, 5.74) is 1.72. The largest absolute Gasteiger partial charge is 0.322 e. The zero-order valence-corrected chi connectivity index (χ0v) is 17.9. The van der Waals surface area contributed by atoms with Crippen molar-refractivity contribution in [2.75, 3.05) is 26.0 Å². The molecule has 2 N–H and O–H groups in total. The molecule has 0 fully saturated rings. The summed E-state index contributed by atoms with van der Waals surface area (Å²) < 4.78 is 27.3. The fraction of sp³-hybridized carbons (Fsp3) is 0.381. The van der Waals surface area contributed by atoms with Crippen LogP contribution in [0.1, 0.15) is 36.7 Å². The van der Waals surface area contributed by atoms with Crippen LogP contribution in [0.15, 0.2) is 53.4 Å². The minimum absolute atomic E-state index is 0.129. The molecule has 1 amide bonds. The highest BCUT2D eigenvalue weighted by Crippen LogP contribution is 2.16. The molecule has 2 aromatic rings. The Hall–Kier alpha value is -2.22. The Morgan fingerprint density at radius 2 is 1.54 bits per heavy atom. The Kier molecular flexibility index (Phi) is 6.98. The van der Waals surface area contributed by atoms with E-state index in [1.54, 1.807) is 20.8 Å². The molecule has 28 heavy (non-hydrogen) atoms. The van der Waals surface area contributed by atoms with Gasteiger partial charge in [0, 0.05) is 23.3 Å². The lowest BCUT2D eigenvalue weighted by atomic mass is 10.1. The van der Waals surface area contributed by atoms with Gasteiger partial charge < -0.3 is 10.2 Å². The van der Waals surface area contributed by atoms with Gasteiger partial charge in [0.25, 0.3) is 5.91 Å². The lowest BCUT2D eigenvalue weighted by Gasteiger charge is -2.20. The molecule has 2 aromatic carbocycles. The van der Waals surface area contributed by atoms with Gasteiger partial charge in [-0.15, -0.1) is 0 Å². The zero-order chi connectivity index (χ0) is 20.9. The first-order chi connectivity index (χ1) is 13.0. The van der Waals surface area contributed by atoms with E-state index in [1.165, 1.54) is 29.8 Å². The summed E-state index contributed by atoms with van der Waals surface area (Å²) in [4.78, 5) is 14.7. The van der Waals surface area contributed by atoms with E-state index in [0.717, 1.165) is 13.0 Å². The normalized spacial score (nSPS) is 12.2. The van der Waals surface area contributed by atoms with Crippen molar-refractivity contribution in [3.63, 3.8) is 0 Å². The number of hydrogen-bond acceptors (Lipinski definition) is 4. The van der Waals surface area contributed by atoms with Crippen LogP contribution in [0.2, 0.25) is 0 Å². The molecular formula is C21H29N3O3S. The second-order valence-electron chi connectivity index (χ2n) is 8.08. The smallest absolute Gasteiger partial charge is 0.255 e. The third-order valence-electron chi connectivity index (χ3n) is 3.93. The van der Waals surface area contributed by atoms with Crippen molar-refractivity contribution < 1.29 is 13.2 Å². The van der Waals surface area contributed by atoms with Crippen LogP contribution in [-0.4, -0.2) is 45.4 Å². The Labute approximate surface area is 168 Å². The average Bonchev–Trinajstić information content (AvgIpc) is 2.59. The molecule has 0 aliphatic heterocycles. The molecule has 0 atom stereocenters. The van der Waals surface area contributed by atoms with Crippen LogP contribution < -0.4 is 10.0 Å². The standard InChI is InChI=1S/C21H29N3O3S/c1-21(2,3)23-28(26,27)19-12-8-17(9-13-19)20(25)22-18-10-6-16(7-11-18)14-15-24(4)5/h6-13,23H,14-15H2,1-5H3,(H,22,25). The molecule has 152 valence electrons. The Morgan fingerprint density at radius 1 is 0.964 bits per heavy atom. The number of benzene rings is 2. The van der Waals surface area contributed by atoms with Gasteiger partial charge in [-0.3, -0.25) is 4.79 Å². The maximum atomic E-state index is 12.4. The summed E-state index contributed by atoms with van der Waals surface area (Å²) in [5.74, 6) is -0.284. The molecule has 0 heterocycles. The van der Waals surface area contributed by atoms with Crippen molar-refractivity contribution in [2.45, 2.75) is 37.6 Å². The maximum Gasteiger partial charge on any atom is 0.255 e. The topological polar surface area (TPSA) is 78.5 Å². The summed E-state index contributed by atoms with van der Waals surface area (Å²) in [5, 5.41) is 2.83. The number of sulfonamides is 1. The van der Waals surface area contributed by atoms with Crippen LogP contribution >= 0.6 is 0 Å². The first-order valence-electron chi connectivity index (χ1n) is 9.15. The molecule has 0 aliphatic rings. The third kappa shape index (κ3) is 6.74. The molecule has 0 spiro atoms. The highest BCUT2D eigenvalue weighted by Gasteiger charge is 2.22. The molecule has 0 radical (unpaired) electrons. The molecule has 0 aromatic heterocycles. The molecular weight excluding hydrogens is 374 g/mol. The van der Waals surface area contributed by atoms with Gasteiger partial charge in [-0.1, -0.05) is 12.1 Å². The zero-order valence-electron chi connectivity index (χ0n) is 17.1. The lowest BCUT2D eigenvalue weighted by Crippen LogP contribution is -2.40. The van der Waals surface area contributed by atoms with Crippen LogP contribution in [0.5, 0.6) is 0 Å². The number of nitrogens with zero attached hydrogens (tertiary/aromatic N) is 1. The minimum Gasteiger partial charge on any atom is -0.322 e. The van der Waals surface area contributed by atoms with Crippen molar-refractivity contribution in [3.8, 4) is 0 Å². The van der Waals surface area contributed by atoms with Crippen molar-refractivity contribution in [3.05, 3.63) is 59.7 Å². The molecule has 0 aliphatic carbocycles. The van der Waals surface area contributed by atoms with E-state index < -0.39 is 15.6 Å². The highest BCUT2D eigenvalue weighted by atomic mass is 32.2. The molecule has 7 heteroatoms. The first-order valence-corrected chi connectivity index (χ1v) is 10.6. The van der Waals surface area contributed by atoms with E-state index in [0.29, 0.717) is 11.3 Å². The molecule has 0 unspecified atom stereocenters. The van der Waals surface area contributed by atoms with Gasteiger partial charge in [-0.05, 0) is 83.2 Å². The molecule has 0 saturated heterocycles. The second kappa shape index (κ2) is 8.86. The van der Waals surface area contributed by atoms with E-state index in [2.05, 4.69) is 14.9 Å². The minimum atomic E-state index is -3.62. The van der Waals surface area contributed by atoms with Crippen molar-refractivity contribution in [2.24, 2.45) is 0 Å². The number of amides is 1. The van der Waals surface area contributed by atoms with E-state index in [9.17, 15) is 13.2 Å². The molecule has 0 saturated carbocycles. The maximum absolute atomic E-state index is 12.4. The predicted octanol–water partition coefficient (Wildman–Crippen LogP) is 3.12. The van der Waals surface area contributed by atoms with E-state index >= 15 is 0 Å². The molecule has 6 nitrogen and oxygen atoms in total. The number of likely N-dealkylation sites (N-methyl/N-ethyl adjacent to an activating group) is 1. The molecule has 2 rings (SSSR count). The Bertz CT molecular complexity index is 897. The first kappa shape index (κ1) is 22.1. The molecule has 0 bridgehead atoms. The lowest BCUT2D eigenvalue weighted by molar-refractivity contribution is 0.102. The van der Waals surface area contributed by atoms with Gasteiger partial charge in [0.1, 0.15) is 0 Å². The van der Waals surface area contributed by atoms with E-state index in [4.69, 9.17) is 0 Å². The van der Waals surface area contributed by atoms with Crippen LogP contribution in [0, 0.1) is 0 Å². The number of anilines is 1. The highest BCUT2D eigenvalue weighted by molar-refractivity contribution is 7.89. The quantitative estimate of drug-likeness (QED) is 0.745. The Morgan fingerprint density at radius 3 is 2.04 bits per heavy atom. The summed E-state index contributed by atoms with van der Waals surface area (Å²) in [7, 11) is 0.443. The van der Waals surface area contributed by atoms with Crippen molar-refractivity contribution >= 4 is 21.6 Å². The van der Waals surface area contributed by atoms with Gasteiger partial charge in [0.05, 0.1) is 4.90 Å². The predicted molar refractivity (Wildman–Crippen MR) is 113 cm³/mol. The SMILES string of the molecule is CN(C)CCc1ccc(NC(=O)c2ccc(S(=O)(=O)NC(C)(C)C)cc2)cc1. The van der Waals surface area contributed by atoms with Gasteiger partial charge in [-0.2, -0.15) is 0 Å². The van der Waals surface area contributed by atoms with Crippen LogP contribution in [-0.2, 0) is 16.4 Å². The van der Waals surface area contributed by atoms with Crippen LogP contribution in [0.3, 0.4) is 0 Å².